The molecule has 0 heterocycles. The molecule has 0 aliphatic carbocycles. The van der Waals surface area contributed by atoms with Crippen LogP contribution in [-0.4, -0.2) is 29.3 Å². The Morgan fingerprint density at radius 2 is 1.67 bits per heavy atom. The summed E-state index contributed by atoms with van der Waals surface area (Å²) in [5.41, 5.74) is -0.996. The van der Waals surface area contributed by atoms with Crippen molar-refractivity contribution in [3.8, 4) is 5.75 Å². The Balaban J connectivity index is 0.000000690. The number of carbonyl (C=O) groups is 2. The third-order valence-corrected chi connectivity index (χ3v) is 2.51. The van der Waals surface area contributed by atoms with Crippen LogP contribution in [0.1, 0.15) is 34.1 Å². The van der Waals surface area contributed by atoms with Gasteiger partial charge in [-0.3, -0.25) is 4.79 Å². The van der Waals surface area contributed by atoms with E-state index in [1.54, 1.807) is 52.0 Å². The Morgan fingerprint density at radius 1 is 1.19 bits per heavy atom. The van der Waals surface area contributed by atoms with E-state index in [-0.39, 0.29) is 12.4 Å². The molecule has 0 aromatic heterocycles. The van der Waals surface area contributed by atoms with Crippen molar-refractivity contribution in [2.45, 2.75) is 39.7 Å². The van der Waals surface area contributed by atoms with E-state index < -0.39 is 11.6 Å². The second-order valence-electron chi connectivity index (χ2n) is 4.53. The first-order chi connectivity index (χ1) is 9.72. The van der Waals surface area contributed by atoms with Crippen molar-refractivity contribution in [3.05, 3.63) is 29.3 Å². The van der Waals surface area contributed by atoms with Crippen molar-refractivity contribution < 1.29 is 24.2 Å². The van der Waals surface area contributed by atoms with Gasteiger partial charge in [0, 0.05) is 11.4 Å². The zero-order valence-electron chi connectivity index (χ0n) is 12.7. The van der Waals surface area contributed by atoms with Crippen molar-refractivity contribution in [3.63, 3.8) is 0 Å². The van der Waals surface area contributed by atoms with Crippen LogP contribution in [0, 0.1) is 0 Å². The van der Waals surface area contributed by atoms with Gasteiger partial charge in [0.05, 0.1) is 6.61 Å². The van der Waals surface area contributed by atoms with E-state index in [0.717, 1.165) is 0 Å². The van der Waals surface area contributed by atoms with Gasteiger partial charge in [-0.25, -0.2) is 4.79 Å². The van der Waals surface area contributed by atoms with Crippen LogP contribution in [0.3, 0.4) is 0 Å². The number of hydrogen-bond acceptors (Lipinski definition) is 4. The van der Waals surface area contributed by atoms with Crippen molar-refractivity contribution >= 4 is 23.5 Å². The number of ether oxygens (including phenoxy) is 2. The number of carboxylic acid groups (broad SMARTS) is 1. The summed E-state index contributed by atoms with van der Waals surface area (Å²) in [6.07, 6.45) is 0.222. The first-order valence-electron chi connectivity index (χ1n) is 6.56. The normalized spacial score (nSPS) is 10.1. The van der Waals surface area contributed by atoms with Gasteiger partial charge in [-0.15, -0.1) is 0 Å². The maximum Gasteiger partial charge on any atom is 0.349 e. The van der Waals surface area contributed by atoms with Crippen molar-refractivity contribution in [1.29, 1.82) is 0 Å². The summed E-state index contributed by atoms with van der Waals surface area (Å²) in [6.45, 7) is 7.03. The summed E-state index contributed by atoms with van der Waals surface area (Å²) in [4.78, 5) is 20.9. The molecular weight excluding hydrogens is 296 g/mol. The van der Waals surface area contributed by atoms with Gasteiger partial charge in [-0.2, -0.15) is 0 Å². The highest BCUT2D eigenvalue weighted by Crippen LogP contribution is 2.21. The van der Waals surface area contributed by atoms with Crippen molar-refractivity contribution in [2.24, 2.45) is 0 Å². The topological polar surface area (TPSA) is 72.8 Å². The molecule has 0 saturated heterocycles. The molecule has 0 aliphatic rings. The summed E-state index contributed by atoms with van der Waals surface area (Å²) in [6, 6.07) is 6.84. The lowest BCUT2D eigenvalue weighted by Gasteiger charge is -2.23. The summed E-state index contributed by atoms with van der Waals surface area (Å²) in [7, 11) is 0. The molecular formula is C15H21ClO5. The van der Waals surface area contributed by atoms with Crippen LogP contribution in [0.5, 0.6) is 5.75 Å². The minimum atomic E-state index is -0.996. The number of aliphatic carboxylic acids is 1. The van der Waals surface area contributed by atoms with Crippen molar-refractivity contribution in [2.75, 3.05) is 6.61 Å². The van der Waals surface area contributed by atoms with Crippen LogP contribution in [0.4, 0.5) is 0 Å². The summed E-state index contributed by atoms with van der Waals surface area (Å²) < 4.78 is 10.5. The fraction of sp³-hybridized carbons (Fsp3) is 0.467. The molecule has 0 spiro atoms. The Kier molecular flexibility index (Phi) is 8.47. The molecule has 5 nitrogen and oxygen atoms in total. The molecule has 0 radical (unpaired) electrons. The first-order valence-corrected chi connectivity index (χ1v) is 6.94. The zero-order chi connectivity index (χ0) is 16.5. The van der Waals surface area contributed by atoms with Crippen LogP contribution in [0.25, 0.3) is 0 Å². The van der Waals surface area contributed by atoms with E-state index in [4.69, 9.17) is 26.2 Å². The number of carbonyl (C=O) groups excluding carboxylic acids is 1. The van der Waals surface area contributed by atoms with Gasteiger partial charge in [0.25, 0.3) is 0 Å². The highest BCUT2D eigenvalue weighted by Gasteiger charge is 2.31. The molecule has 0 amide bonds. The van der Waals surface area contributed by atoms with Crippen LogP contribution in [0.15, 0.2) is 24.3 Å². The standard InChI is InChI=1S/C12H15ClO3.C3H6O2/c1-4-15-11(14)12(2,3)16-10-7-5-9(13)6-8-10;1-2-3(4)5/h5-8H,4H2,1-3H3;2H2,1H3,(H,4,5). The van der Waals surface area contributed by atoms with Crippen LogP contribution in [-0.2, 0) is 14.3 Å². The molecule has 21 heavy (non-hydrogen) atoms. The maximum atomic E-state index is 11.6. The molecule has 1 aromatic carbocycles. The molecule has 0 aliphatic heterocycles. The maximum absolute atomic E-state index is 11.6. The SMILES string of the molecule is CCC(=O)O.CCOC(=O)C(C)(C)Oc1ccc(Cl)cc1. The molecule has 1 aromatic rings. The molecule has 0 fully saturated rings. The number of esters is 1. The van der Waals surface area contributed by atoms with E-state index in [9.17, 15) is 9.59 Å². The van der Waals surface area contributed by atoms with Gasteiger partial charge in [0.2, 0.25) is 0 Å². The van der Waals surface area contributed by atoms with Gasteiger partial charge >= 0.3 is 11.9 Å². The number of carboxylic acids is 1. The first kappa shape index (κ1) is 19.2. The molecule has 1 N–H and O–H groups in total. The lowest BCUT2D eigenvalue weighted by Crippen LogP contribution is -2.39. The van der Waals surface area contributed by atoms with Gasteiger partial charge in [0.15, 0.2) is 5.60 Å². The third kappa shape index (κ3) is 8.19. The zero-order valence-corrected chi connectivity index (χ0v) is 13.4. The smallest absolute Gasteiger partial charge is 0.349 e. The fourth-order valence-corrected chi connectivity index (χ4v) is 1.27. The number of hydrogen-bond donors (Lipinski definition) is 1. The Bertz CT molecular complexity index is 454. The molecule has 0 bridgehead atoms. The van der Waals surface area contributed by atoms with Crippen molar-refractivity contribution in [1.82, 2.24) is 0 Å². The van der Waals surface area contributed by atoms with E-state index in [2.05, 4.69) is 0 Å². The number of halogens is 1. The summed E-state index contributed by atoms with van der Waals surface area (Å²) in [5.74, 6) is -0.544. The average Bonchev–Trinajstić information content (AvgIpc) is 2.42. The van der Waals surface area contributed by atoms with Gasteiger partial charge in [-0.1, -0.05) is 18.5 Å². The predicted octanol–water partition coefficient (Wildman–Crippen LogP) is 3.54. The number of benzene rings is 1. The Morgan fingerprint density at radius 3 is 2.05 bits per heavy atom. The van der Waals surface area contributed by atoms with Crippen LogP contribution in [0.2, 0.25) is 5.02 Å². The molecule has 0 atom stereocenters. The average molecular weight is 317 g/mol. The second kappa shape index (κ2) is 9.23. The van der Waals surface area contributed by atoms with Crippen LogP contribution >= 0.6 is 11.6 Å². The van der Waals surface area contributed by atoms with E-state index in [1.165, 1.54) is 0 Å². The largest absolute Gasteiger partial charge is 0.481 e. The molecule has 1 rings (SSSR count). The van der Waals surface area contributed by atoms with E-state index >= 15 is 0 Å². The number of rotatable bonds is 5. The minimum absolute atomic E-state index is 0.222. The molecule has 118 valence electrons. The predicted molar refractivity (Wildman–Crippen MR) is 80.7 cm³/mol. The lowest BCUT2D eigenvalue weighted by molar-refractivity contribution is -0.158. The lowest BCUT2D eigenvalue weighted by atomic mass is 10.1. The van der Waals surface area contributed by atoms with Gasteiger partial charge in [-0.05, 0) is 45.0 Å². The monoisotopic (exact) mass is 316 g/mol. The van der Waals surface area contributed by atoms with E-state index in [1.807, 2.05) is 0 Å². The summed E-state index contributed by atoms with van der Waals surface area (Å²) >= 11 is 5.75. The van der Waals surface area contributed by atoms with Crippen LogP contribution < -0.4 is 4.74 Å². The Labute approximate surface area is 129 Å². The molecule has 6 heteroatoms. The van der Waals surface area contributed by atoms with E-state index in [0.29, 0.717) is 17.4 Å². The van der Waals surface area contributed by atoms with Gasteiger partial charge < -0.3 is 14.6 Å². The summed E-state index contributed by atoms with van der Waals surface area (Å²) in [5, 5.41) is 8.35. The minimum Gasteiger partial charge on any atom is -0.481 e. The quantitative estimate of drug-likeness (QED) is 0.841. The fourth-order valence-electron chi connectivity index (χ4n) is 1.14. The van der Waals surface area contributed by atoms with Gasteiger partial charge in [0.1, 0.15) is 5.75 Å². The Hall–Kier alpha value is -1.75. The highest BCUT2D eigenvalue weighted by atomic mass is 35.5. The molecule has 0 saturated carbocycles. The molecule has 0 unspecified atom stereocenters. The second-order valence-corrected chi connectivity index (χ2v) is 4.97. The highest BCUT2D eigenvalue weighted by molar-refractivity contribution is 6.30. The third-order valence-electron chi connectivity index (χ3n) is 2.26.